The first-order valence-corrected chi connectivity index (χ1v) is 4.65. The second-order valence-corrected chi connectivity index (χ2v) is 3.25. The first-order valence-electron chi connectivity index (χ1n) is 4.27. The van der Waals surface area contributed by atoms with Gasteiger partial charge in [-0.2, -0.15) is 0 Å². The molecule has 0 aromatic heterocycles. The minimum atomic E-state index is -0.122. The molecular formula is C12H3ClN4. The highest BCUT2D eigenvalue weighted by atomic mass is 35.5. The van der Waals surface area contributed by atoms with E-state index < -0.39 is 0 Å². The summed E-state index contributed by atoms with van der Waals surface area (Å²) in [5.41, 5.74) is -0.206. The second kappa shape index (κ2) is 5.34. The number of benzene rings is 1. The van der Waals surface area contributed by atoms with Gasteiger partial charge in [0.1, 0.15) is 0 Å². The zero-order valence-electron chi connectivity index (χ0n) is 8.40. The molecule has 1 aromatic rings. The predicted molar refractivity (Wildman–Crippen MR) is 61.9 cm³/mol. The Hall–Kier alpha value is -2.79. The van der Waals surface area contributed by atoms with Gasteiger partial charge in [-0.05, 0) is 11.3 Å². The van der Waals surface area contributed by atoms with E-state index in [9.17, 15) is 0 Å². The Labute approximate surface area is 103 Å². The van der Waals surface area contributed by atoms with Crippen LogP contribution in [0.5, 0.6) is 0 Å². The molecule has 1 rings (SSSR count). The van der Waals surface area contributed by atoms with Crippen LogP contribution in [0.1, 0.15) is 0 Å². The van der Waals surface area contributed by atoms with E-state index in [0.717, 1.165) is 0 Å². The second-order valence-electron chi connectivity index (χ2n) is 2.84. The van der Waals surface area contributed by atoms with Crippen molar-refractivity contribution in [3.63, 3.8) is 0 Å². The van der Waals surface area contributed by atoms with Crippen LogP contribution < -0.4 is 10.4 Å². The van der Waals surface area contributed by atoms with Gasteiger partial charge < -0.3 is 0 Å². The van der Waals surface area contributed by atoms with Crippen LogP contribution in [0.3, 0.4) is 0 Å². The summed E-state index contributed by atoms with van der Waals surface area (Å²) >= 11 is 5.90. The highest BCUT2D eigenvalue weighted by Crippen LogP contribution is 2.02. The minimum absolute atomic E-state index is 0.0835. The molecule has 78 valence electrons. The van der Waals surface area contributed by atoms with Gasteiger partial charge in [0.2, 0.25) is 0 Å². The van der Waals surface area contributed by atoms with Crippen molar-refractivity contribution in [2.24, 2.45) is 0 Å². The molecule has 0 radical (unpaired) electrons. The van der Waals surface area contributed by atoms with E-state index in [1.165, 1.54) is 18.2 Å². The molecular weight excluding hydrogens is 236 g/mol. The van der Waals surface area contributed by atoms with Crippen molar-refractivity contribution in [3.05, 3.63) is 56.5 Å². The summed E-state index contributed by atoms with van der Waals surface area (Å²) in [6.07, 6.45) is 0. The number of hydrogen-bond acceptors (Lipinski definition) is 2. The molecule has 0 saturated heterocycles. The lowest BCUT2D eigenvalue weighted by molar-refractivity contribution is 1.48. The van der Waals surface area contributed by atoms with Crippen LogP contribution in [0.2, 0.25) is 5.02 Å². The third-order valence-electron chi connectivity index (χ3n) is 1.93. The lowest BCUT2D eigenvalue weighted by Gasteiger charge is -1.94. The van der Waals surface area contributed by atoms with Gasteiger partial charge in [-0.1, -0.05) is 23.7 Å². The van der Waals surface area contributed by atoms with Crippen molar-refractivity contribution in [1.29, 1.82) is 10.5 Å². The van der Waals surface area contributed by atoms with E-state index in [-0.39, 0.29) is 16.4 Å². The molecule has 17 heavy (non-hydrogen) atoms. The van der Waals surface area contributed by atoms with Crippen molar-refractivity contribution >= 4 is 23.0 Å². The molecule has 0 bridgehead atoms. The number of hydrogen-bond donors (Lipinski definition) is 0. The Kier molecular flexibility index (Phi) is 3.86. The molecule has 4 nitrogen and oxygen atoms in total. The van der Waals surface area contributed by atoms with Crippen molar-refractivity contribution in [2.45, 2.75) is 0 Å². The van der Waals surface area contributed by atoms with Crippen LogP contribution in [-0.2, 0) is 0 Å². The summed E-state index contributed by atoms with van der Waals surface area (Å²) in [5, 5.41) is 18.2. The average molecular weight is 239 g/mol. The van der Waals surface area contributed by atoms with Gasteiger partial charge in [0.05, 0.1) is 25.3 Å². The molecule has 0 aliphatic rings. The third-order valence-corrected chi connectivity index (χ3v) is 2.25. The molecule has 0 aliphatic heterocycles. The largest absolute Gasteiger partial charge is 0.270 e. The summed E-state index contributed by atoms with van der Waals surface area (Å²) in [6.45, 7) is 13.6. The lowest BCUT2D eigenvalue weighted by atomic mass is 10.2. The molecule has 0 saturated carbocycles. The molecule has 0 fully saturated rings. The van der Waals surface area contributed by atoms with Crippen molar-refractivity contribution in [1.82, 2.24) is 0 Å². The number of halogens is 1. The van der Waals surface area contributed by atoms with Gasteiger partial charge in [0.15, 0.2) is 0 Å². The fourth-order valence-corrected chi connectivity index (χ4v) is 1.42. The van der Waals surface area contributed by atoms with Crippen LogP contribution >= 0.6 is 11.6 Å². The summed E-state index contributed by atoms with van der Waals surface area (Å²) < 4.78 is 0. The Morgan fingerprint density at radius 1 is 1.12 bits per heavy atom. The molecule has 0 aliphatic carbocycles. The molecule has 0 unspecified atom stereocenters. The van der Waals surface area contributed by atoms with Crippen molar-refractivity contribution < 1.29 is 0 Å². The molecule has 0 atom stereocenters. The maximum absolute atomic E-state index is 8.71. The highest BCUT2D eigenvalue weighted by Gasteiger charge is 2.01. The van der Waals surface area contributed by atoms with Crippen LogP contribution in [0.15, 0.2) is 18.2 Å². The Bertz CT molecular complexity index is 716. The summed E-state index contributed by atoms with van der Waals surface area (Å²) in [4.78, 5) is 6.09. The number of nitriles is 2. The third kappa shape index (κ3) is 2.42. The highest BCUT2D eigenvalue weighted by molar-refractivity contribution is 6.30. The maximum atomic E-state index is 8.71. The van der Waals surface area contributed by atoms with Crippen LogP contribution in [0.4, 0.5) is 0 Å². The van der Waals surface area contributed by atoms with Gasteiger partial charge >= 0.3 is 0 Å². The number of rotatable bonds is 0. The van der Waals surface area contributed by atoms with Crippen molar-refractivity contribution in [3.8, 4) is 12.1 Å². The van der Waals surface area contributed by atoms with E-state index in [2.05, 4.69) is 9.69 Å². The van der Waals surface area contributed by atoms with Gasteiger partial charge in [-0.15, -0.1) is 0 Å². The van der Waals surface area contributed by atoms with Crippen LogP contribution in [-0.4, -0.2) is 0 Å². The average Bonchev–Trinajstić information content (AvgIpc) is 2.34. The van der Waals surface area contributed by atoms with Gasteiger partial charge in [-0.25, -0.2) is 20.2 Å². The van der Waals surface area contributed by atoms with Gasteiger partial charge in [-0.3, -0.25) is 0 Å². The fourth-order valence-electron chi connectivity index (χ4n) is 1.15. The summed E-state index contributed by atoms with van der Waals surface area (Å²) in [5.74, 6) is 0. The molecule has 0 heterocycles. The van der Waals surface area contributed by atoms with E-state index in [0.29, 0.717) is 10.4 Å². The minimum Gasteiger partial charge on any atom is -0.226 e. The zero-order chi connectivity index (χ0) is 12.8. The SMILES string of the molecule is [C-]#[N+]/C(C#N)=c1\cc/c(=C(/C#N)[N+]#[C-])c(Cl)c1. The quantitative estimate of drug-likeness (QED) is 0.642. The van der Waals surface area contributed by atoms with Crippen molar-refractivity contribution in [2.75, 3.05) is 0 Å². The predicted octanol–water partition coefficient (Wildman–Crippen LogP) is 1.44. The fraction of sp³-hybridized carbons (Fsp3) is 0. The van der Waals surface area contributed by atoms with E-state index in [1.807, 2.05) is 0 Å². The molecule has 0 N–H and O–H groups in total. The summed E-state index contributed by atoms with van der Waals surface area (Å²) in [6, 6.07) is 7.82. The Morgan fingerprint density at radius 2 is 1.71 bits per heavy atom. The first kappa shape index (κ1) is 12.3. The van der Waals surface area contributed by atoms with Gasteiger partial charge in [0, 0.05) is 10.2 Å². The first-order chi connectivity index (χ1) is 8.17. The normalized spacial score (nSPS) is 12.3. The molecule has 0 spiro atoms. The molecule has 0 amide bonds. The zero-order valence-corrected chi connectivity index (χ0v) is 9.15. The lowest BCUT2D eigenvalue weighted by Crippen LogP contribution is -2.12. The van der Waals surface area contributed by atoms with Crippen LogP contribution in [0.25, 0.3) is 21.1 Å². The molecule has 1 aromatic carbocycles. The van der Waals surface area contributed by atoms with Gasteiger partial charge in [0.25, 0.3) is 11.4 Å². The smallest absolute Gasteiger partial charge is 0.226 e. The van der Waals surface area contributed by atoms with E-state index in [4.69, 9.17) is 35.3 Å². The Balaban J connectivity index is 3.78. The standard InChI is InChI=1S/C12H3ClN4/c1-16-11(6-14)8-3-4-9(10(13)5-8)12(7-15)17-2/h3-5H/b11-8+,12-9+. The topological polar surface area (TPSA) is 56.3 Å². The monoisotopic (exact) mass is 238 g/mol. The molecule has 5 heteroatoms. The van der Waals surface area contributed by atoms with Crippen LogP contribution in [0, 0.1) is 35.8 Å². The number of nitrogens with zero attached hydrogens (tertiary/aromatic N) is 4. The summed E-state index contributed by atoms with van der Waals surface area (Å²) in [7, 11) is 0. The van der Waals surface area contributed by atoms with E-state index in [1.54, 1.807) is 12.1 Å². The Morgan fingerprint density at radius 3 is 2.12 bits per heavy atom. The van der Waals surface area contributed by atoms with E-state index >= 15 is 0 Å². The maximum Gasteiger partial charge on any atom is 0.270 e.